The number of ether oxygens (including phenoxy) is 1. The molecule has 4 heteroatoms. The fourth-order valence-electron chi connectivity index (χ4n) is 2.25. The molecule has 1 amide bonds. The van der Waals surface area contributed by atoms with Crippen LogP contribution in [0.15, 0.2) is 18.5 Å². The minimum atomic E-state index is -0.277. The zero-order chi connectivity index (χ0) is 12.4. The van der Waals surface area contributed by atoms with Gasteiger partial charge in [0.1, 0.15) is 0 Å². The summed E-state index contributed by atoms with van der Waals surface area (Å²) in [4.78, 5) is 17.8. The van der Waals surface area contributed by atoms with E-state index >= 15 is 0 Å². The lowest BCUT2D eigenvalue weighted by atomic mass is 9.89. The molecule has 2 heterocycles. The molecule has 0 radical (unpaired) electrons. The Bertz CT molecular complexity index is 420. The summed E-state index contributed by atoms with van der Waals surface area (Å²) >= 11 is 0. The zero-order valence-corrected chi connectivity index (χ0v) is 10.5. The summed E-state index contributed by atoms with van der Waals surface area (Å²) in [5.41, 5.74) is 2.05. The van der Waals surface area contributed by atoms with Gasteiger partial charge >= 0.3 is 6.09 Å². The summed E-state index contributed by atoms with van der Waals surface area (Å²) in [6.45, 7) is 6.42. The van der Waals surface area contributed by atoms with Crippen LogP contribution < -0.4 is 4.90 Å². The molecule has 4 nitrogen and oxygen atoms in total. The first-order valence-corrected chi connectivity index (χ1v) is 6.04. The van der Waals surface area contributed by atoms with Gasteiger partial charge in [0.25, 0.3) is 0 Å². The third-order valence-corrected chi connectivity index (χ3v) is 3.38. The number of pyridine rings is 1. The SMILES string of the molecule is CCOC(=O)N1c2cnccc2CC(C)C1C. The van der Waals surface area contributed by atoms with Gasteiger partial charge in [0.2, 0.25) is 0 Å². The van der Waals surface area contributed by atoms with Gasteiger partial charge in [-0.15, -0.1) is 0 Å². The smallest absolute Gasteiger partial charge is 0.414 e. The Morgan fingerprint density at radius 3 is 3.06 bits per heavy atom. The molecule has 2 rings (SSSR count). The van der Waals surface area contributed by atoms with Crippen molar-refractivity contribution in [2.45, 2.75) is 33.2 Å². The normalized spacial score (nSPS) is 23.1. The van der Waals surface area contributed by atoms with Crippen LogP contribution in [0.2, 0.25) is 0 Å². The molecule has 1 aliphatic rings. The van der Waals surface area contributed by atoms with E-state index in [1.807, 2.05) is 13.0 Å². The molecule has 0 bridgehead atoms. The summed E-state index contributed by atoms with van der Waals surface area (Å²) in [6, 6.07) is 2.12. The molecule has 0 N–H and O–H groups in total. The number of nitrogens with zero attached hydrogens (tertiary/aromatic N) is 2. The average molecular weight is 234 g/mol. The van der Waals surface area contributed by atoms with Crippen LogP contribution in [0, 0.1) is 5.92 Å². The Morgan fingerprint density at radius 1 is 1.59 bits per heavy atom. The lowest BCUT2D eigenvalue weighted by Gasteiger charge is -2.38. The van der Waals surface area contributed by atoms with E-state index in [0.29, 0.717) is 12.5 Å². The Hall–Kier alpha value is -1.58. The molecule has 0 saturated carbocycles. The molecule has 1 aromatic rings. The third-order valence-electron chi connectivity index (χ3n) is 3.38. The van der Waals surface area contributed by atoms with E-state index in [-0.39, 0.29) is 12.1 Å². The van der Waals surface area contributed by atoms with E-state index in [1.54, 1.807) is 17.3 Å². The van der Waals surface area contributed by atoms with E-state index in [4.69, 9.17) is 4.74 Å². The summed E-state index contributed by atoms with van der Waals surface area (Å²) in [5, 5.41) is 0. The number of hydrogen-bond donors (Lipinski definition) is 0. The van der Waals surface area contributed by atoms with Crippen LogP contribution in [0.1, 0.15) is 26.3 Å². The Labute approximate surface area is 102 Å². The van der Waals surface area contributed by atoms with Crippen molar-refractivity contribution in [3.05, 3.63) is 24.0 Å². The largest absolute Gasteiger partial charge is 0.449 e. The number of carbonyl (C=O) groups is 1. The molecule has 1 aliphatic heterocycles. The number of carbonyl (C=O) groups excluding carboxylic acids is 1. The number of anilines is 1. The highest BCUT2D eigenvalue weighted by Crippen LogP contribution is 2.33. The first-order valence-electron chi connectivity index (χ1n) is 6.04. The van der Waals surface area contributed by atoms with Crippen molar-refractivity contribution in [3.63, 3.8) is 0 Å². The Balaban J connectivity index is 2.38. The number of aromatic nitrogens is 1. The maximum Gasteiger partial charge on any atom is 0.414 e. The number of hydrogen-bond acceptors (Lipinski definition) is 3. The predicted octanol–water partition coefficient (Wildman–Crippen LogP) is 2.63. The van der Waals surface area contributed by atoms with Crippen LogP contribution in [-0.4, -0.2) is 23.7 Å². The second kappa shape index (κ2) is 4.73. The van der Waals surface area contributed by atoms with Gasteiger partial charge in [-0.2, -0.15) is 0 Å². The molecule has 2 unspecified atom stereocenters. The van der Waals surface area contributed by atoms with E-state index in [9.17, 15) is 4.79 Å². The molecule has 0 spiro atoms. The first-order chi connectivity index (χ1) is 8.15. The molecule has 0 aromatic carbocycles. The second-order valence-electron chi connectivity index (χ2n) is 4.50. The lowest BCUT2D eigenvalue weighted by molar-refractivity contribution is 0.154. The molecular formula is C13H18N2O2. The van der Waals surface area contributed by atoms with Gasteiger partial charge in [-0.25, -0.2) is 4.79 Å². The second-order valence-corrected chi connectivity index (χ2v) is 4.50. The molecule has 1 aromatic heterocycles. The quantitative estimate of drug-likeness (QED) is 0.750. The molecule has 2 atom stereocenters. The average Bonchev–Trinajstić information content (AvgIpc) is 2.31. The van der Waals surface area contributed by atoms with Crippen molar-refractivity contribution in [3.8, 4) is 0 Å². The van der Waals surface area contributed by atoms with Crippen molar-refractivity contribution in [2.75, 3.05) is 11.5 Å². The number of rotatable bonds is 1. The fraction of sp³-hybridized carbons (Fsp3) is 0.538. The minimum Gasteiger partial charge on any atom is -0.449 e. The van der Waals surface area contributed by atoms with Crippen LogP contribution in [-0.2, 0) is 11.2 Å². The van der Waals surface area contributed by atoms with E-state index < -0.39 is 0 Å². The Morgan fingerprint density at radius 2 is 2.35 bits per heavy atom. The zero-order valence-electron chi connectivity index (χ0n) is 10.5. The maximum atomic E-state index is 12.0. The topological polar surface area (TPSA) is 42.4 Å². The van der Waals surface area contributed by atoms with Gasteiger partial charge in [-0.3, -0.25) is 9.88 Å². The van der Waals surface area contributed by atoms with Gasteiger partial charge in [-0.1, -0.05) is 6.92 Å². The molecule has 0 fully saturated rings. The van der Waals surface area contributed by atoms with E-state index in [2.05, 4.69) is 18.8 Å². The highest BCUT2D eigenvalue weighted by molar-refractivity contribution is 5.89. The van der Waals surface area contributed by atoms with Gasteiger partial charge in [0, 0.05) is 12.2 Å². The molecule has 0 aliphatic carbocycles. The van der Waals surface area contributed by atoms with Crippen molar-refractivity contribution in [2.24, 2.45) is 5.92 Å². The van der Waals surface area contributed by atoms with Crippen LogP contribution in [0.25, 0.3) is 0 Å². The molecule has 0 saturated heterocycles. The van der Waals surface area contributed by atoms with Crippen molar-refractivity contribution in [1.29, 1.82) is 0 Å². The number of amides is 1. The van der Waals surface area contributed by atoms with Crippen LogP contribution in [0.5, 0.6) is 0 Å². The van der Waals surface area contributed by atoms with Crippen molar-refractivity contribution >= 4 is 11.8 Å². The standard InChI is InChI=1S/C13H18N2O2/c1-4-17-13(16)15-10(3)9(2)7-11-5-6-14-8-12(11)15/h5-6,8-10H,4,7H2,1-3H3. The van der Waals surface area contributed by atoms with Crippen LogP contribution in [0.4, 0.5) is 10.5 Å². The molecular weight excluding hydrogens is 216 g/mol. The lowest BCUT2D eigenvalue weighted by Crippen LogP contribution is -2.46. The van der Waals surface area contributed by atoms with Gasteiger partial charge < -0.3 is 4.74 Å². The van der Waals surface area contributed by atoms with Gasteiger partial charge in [-0.05, 0) is 37.8 Å². The highest BCUT2D eigenvalue weighted by Gasteiger charge is 2.33. The Kier molecular flexibility index (Phi) is 3.31. The molecule has 17 heavy (non-hydrogen) atoms. The summed E-state index contributed by atoms with van der Waals surface area (Å²) < 4.78 is 5.12. The molecule has 92 valence electrons. The van der Waals surface area contributed by atoms with Crippen LogP contribution in [0.3, 0.4) is 0 Å². The first kappa shape index (κ1) is 11.9. The van der Waals surface area contributed by atoms with Crippen LogP contribution >= 0.6 is 0 Å². The summed E-state index contributed by atoms with van der Waals surface area (Å²) in [7, 11) is 0. The van der Waals surface area contributed by atoms with E-state index in [1.165, 1.54) is 5.56 Å². The van der Waals surface area contributed by atoms with Crippen molar-refractivity contribution < 1.29 is 9.53 Å². The van der Waals surface area contributed by atoms with Gasteiger partial charge in [0.15, 0.2) is 0 Å². The maximum absolute atomic E-state index is 12.0. The van der Waals surface area contributed by atoms with Gasteiger partial charge in [0.05, 0.1) is 18.5 Å². The predicted molar refractivity (Wildman–Crippen MR) is 66.1 cm³/mol. The highest BCUT2D eigenvalue weighted by atomic mass is 16.6. The fourth-order valence-corrected chi connectivity index (χ4v) is 2.25. The minimum absolute atomic E-state index is 0.144. The van der Waals surface area contributed by atoms with Crippen molar-refractivity contribution in [1.82, 2.24) is 4.98 Å². The van der Waals surface area contributed by atoms with E-state index in [0.717, 1.165) is 12.1 Å². The third kappa shape index (κ3) is 2.12. The summed E-state index contributed by atoms with van der Waals surface area (Å²) in [6.07, 6.45) is 4.22. The number of fused-ring (bicyclic) bond motifs is 1. The monoisotopic (exact) mass is 234 g/mol. The summed E-state index contributed by atoms with van der Waals surface area (Å²) in [5.74, 6) is 0.425.